The lowest BCUT2D eigenvalue weighted by Gasteiger charge is -2.39. The van der Waals surface area contributed by atoms with Crippen molar-refractivity contribution in [1.29, 1.82) is 0 Å². The second kappa shape index (κ2) is 11.7. The molecule has 1 fully saturated rings. The molecule has 1 aliphatic heterocycles. The number of unbranched alkanes of at least 4 members (excludes halogenated alkanes) is 1. The molecule has 0 aliphatic carbocycles. The highest BCUT2D eigenvalue weighted by molar-refractivity contribution is 5.89. The van der Waals surface area contributed by atoms with Crippen molar-refractivity contribution in [3.63, 3.8) is 0 Å². The van der Waals surface area contributed by atoms with E-state index in [1.54, 1.807) is 9.47 Å². The molecule has 0 unspecified atom stereocenters. The third-order valence-electron chi connectivity index (χ3n) is 6.97. The number of para-hydroxylation sites is 2. The first-order chi connectivity index (χ1) is 17.1. The fourth-order valence-electron chi connectivity index (χ4n) is 4.90. The van der Waals surface area contributed by atoms with Crippen molar-refractivity contribution in [1.82, 2.24) is 24.8 Å². The minimum atomic E-state index is -0.759. The van der Waals surface area contributed by atoms with E-state index in [1.165, 1.54) is 0 Å². The van der Waals surface area contributed by atoms with E-state index in [1.807, 2.05) is 52.0 Å². The van der Waals surface area contributed by atoms with E-state index in [4.69, 9.17) is 0 Å². The van der Waals surface area contributed by atoms with Crippen LogP contribution < -0.4 is 11.0 Å². The summed E-state index contributed by atoms with van der Waals surface area (Å²) in [7, 11) is 0. The number of hydrogen-bond donors (Lipinski definition) is 3. The van der Waals surface area contributed by atoms with Crippen LogP contribution >= 0.6 is 0 Å². The molecule has 2 atom stereocenters. The maximum absolute atomic E-state index is 13.6. The van der Waals surface area contributed by atoms with Gasteiger partial charge in [-0.3, -0.25) is 24.2 Å². The summed E-state index contributed by atoms with van der Waals surface area (Å²) in [5.74, 6) is -1.12. The summed E-state index contributed by atoms with van der Waals surface area (Å²) in [4.78, 5) is 54.9. The molecular formula is C26H39N5O5. The number of rotatable bonds is 10. The Morgan fingerprint density at radius 1 is 1.25 bits per heavy atom. The average Bonchev–Trinajstić information content (AvgIpc) is 3.19. The first-order valence-electron chi connectivity index (χ1n) is 12.8. The first-order valence-corrected chi connectivity index (χ1v) is 12.8. The van der Waals surface area contributed by atoms with Crippen LogP contribution in [0.15, 0.2) is 29.1 Å². The van der Waals surface area contributed by atoms with Gasteiger partial charge in [0.2, 0.25) is 18.2 Å². The van der Waals surface area contributed by atoms with Crippen LogP contribution in [0.1, 0.15) is 65.8 Å². The molecule has 2 aromatic rings. The van der Waals surface area contributed by atoms with Gasteiger partial charge in [0.15, 0.2) is 0 Å². The van der Waals surface area contributed by atoms with E-state index in [0.29, 0.717) is 37.4 Å². The number of amides is 3. The van der Waals surface area contributed by atoms with E-state index >= 15 is 0 Å². The number of carbonyl (C=O) groups excluding carboxylic acids is 3. The lowest BCUT2D eigenvalue weighted by atomic mass is 9.84. The van der Waals surface area contributed by atoms with Crippen molar-refractivity contribution in [2.75, 3.05) is 19.6 Å². The highest BCUT2D eigenvalue weighted by Crippen LogP contribution is 2.28. The second-order valence-electron chi connectivity index (χ2n) is 10.7. The summed E-state index contributed by atoms with van der Waals surface area (Å²) >= 11 is 0. The number of aromatic nitrogens is 2. The summed E-state index contributed by atoms with van der Waals surface area (Å²) in [5.41, 5.74) is 0.965. The average molecular weight is 502 g/mol. The van der Waals surface area contributed by atoms with Gasteiger partial charge in [0, 0.05) is 19.1 Å². The van der Waals surface area contributed by atoms with Gasteiger partial charge in [0.25, 0.3) is 0 Å². The topological polar surface area (TPSA) is 128 Å². The number of aromatic amines is 1. The van der Waals surface area contributed by atoms with E-state index in [2.05, 4.69) is 10.3 Å². The van der Waals surface area contributed by atoms with Crippen LogP contribution in [0.25, 0.3) is 11.0 Å². The predicted molar refractivity (Wildman–Crippen MR) is 136 cm³/mol. The molecule has 10 nitrogen and oxygen atoms in total. The number of carbonyl (C=O) groups is 3. The third-order valence-corrected chi connectivity index (χ3v) is 6.97. The molecule has 1 aromatic heterocycles. The van der Waals surface area contributed by atoms with E-state index in [9.17, 15) is 24.4 Å². The fraction of sp³-hybridized carbons (Fsp3) is 0.615. The standard InChI is InChI=1S/C26H39N5O5/c1-5-6-9-18(16-30(36)17-32)23(33)28-22(26(2,3)4)24(34)29-14-12-19(13-15-29)31-21-11-8-7-10-20(21)27-25(31)35/h7-8,10-11,17-19,22,36H,5-6,9,12-16H2,1-4H3,(H,27,35)(H,28,33)/t18-,22-/m1/s1. The molecule has 3 amide bonds. The molecule has 198 valence electrons. The molecular weight excluding hydrogens is 462 g/mol. The van der Waals surface area contributed by atoms with Gasteiger partial charge in [-0.1, -0.05) is 52.7 Å². The zero-order valence-electron chi connectivity index (χ0n) is 21.7. The van der Waals surface area contributed by atoms with Crippen LogP contribution in [-0.4, -0.2) is 68.6 Å². The predicted octanol–water partition coefficient (Wildman–Crippen LogP) is 2.68. The van der Waals surface area contributed by atoms with Gasteiger partial charge in [0.1, 0.15) is 6.04 Å². The number of hydrogen-bond acceptors (Lipinski definition) is 5. The lowest BCUT2D eigenvalue weighted by molar-refractivity contribution is -0.155. The monoisotopic (exact) mass is 501 g/mol. The van der Waals surface area contributed by atoms with Gasteiger partial charge in [-0.2, -0.15) is 0 Å². The lowest BCUT2D eigenvalue weighted by Crippen LogP contribution is -2.57. The number of nitrogens with zero attached hydrogens (tertiary/aromatic N) is 3. The number of piperidine rings is 1. The van der Waals surface area contributed by atoms with Crippen molar-refractivity contribution in [3.8, 4) is 0 Å². The molecule has 3 N–H and O–H groups in total. The zero-order valence-corrected chi connectivity index (χ0v) is 21.7. The Morgan fingerprint density at radius 3 is 2.53 bits per heavy atom. The quantitative estimate of drug-likeness (QED) is 0.262. The number of hydroxylamine groups is 2. The Hall–Kier alpha value is -3.14. The van der Waals surface area contributed by atoms with Crippen molar-refractivity contribution in [2.45, 2.75) is 71.9 Å². The number of benzene rings is 1. The largest absolute Gasteiger partial charge is 0.344 e. The number of H-pyrrole nitrogens is 1. The molecule has 1 aromatic carbocycles. The first kappa shape index (κ1) is 27.4. The Balaban J connectivity index is 1.70. The van der Waals surface area contributed by atoms with E-state index in [-0.39, 0.29) is 36.5 Å². The smallest absolute Gasteiger partial charge is 0.326 e. The molecule has 0 radical (unpaired) electrons. The number of likely N-dealkylation sites (tertiary alicyclic amines) is 1. The molecule has 1 saturated heterocycles. The number of imidazole rings is 1. The molecule has 0 bridgehead atoms. The summed E-state index contributed by atoms with van der Waals surface area (Å²) in [6.07, 6.45) is 3.68. The van der Waals surface area contributed by atoms with E-state index < -0.39 is 17.4 Å². The van der Waals surface area contributed by atoms with Gasteiger partial charge in [-0.25, -0.2) is 9.86 Å². The van der Waals surface area contributed by atoms with E-state index in [0.717, 1.165) is 23.9 Å². The Kier molecular flexibility index (Phi) is 8.94. The fourth-order valence-corrected chi connectivity index (χ4v) is 4.90. The van der Waals surface area contributed by atoms with Crippen LogP contribution in [0.4, 0.5) is 0 Å². The van der Waals surface area contributed by atoms with Crippen molar-refractivity contribution < 1.29 is 19.6 Å². The molecule has 1 aliphatic rings. The van der Waals surface area contributed by atoms with Crippen molar-refractivity contribution in [2.24, 2.45) is 11.3 Å². The summed E-state index contributed by atoms with van der Waals surface area (Å²) in [6.45, 7) is 8.54. The van der Waals surface area contributed by atoms with Crippen molar-refractivity contribution >= 4 is 29.3 Å². The molecule has 0 saturated carbocycles. The molecule has 2 heterocycles. The Morgan fingerprint density at radius 2 is 1.92 bits per heavy atom. The second-order valence-corrected chi connectivity index (χ2v) is 10.7. The molecule has 3 rings (SSSR count). The maximum Gasteiger partial charge on any atom is 0.326 e. The number of fused-ring (bicyclic) bond motifs is 1. The van der Waals surface area contributed by atoms with Crippen LogP contribution in [-0.2, 0) is 14.4 Å². The van der Waals surface area contributed by atoms with Gasteiger partial charge in [-0.05, 0) is 36.8 Å². The highest BCUT2D eigenvalue weighted by Gasteiger charge is 2.38. The third kappa shape index (κ3) is 6.34. The summed E-state index contributed by atoms with van der Waals surface area (Å²) < 4.78 is 1.78. The molecule has 36 heavy (non-hydrogen) atoms. The molecule has 0 spiro atoms. The summed E-state index contributed by atoms with van der Waals surface area (Å²) in [5, 5.41) is 13.1. The van der Waals surface area contributed by atoms with Crippen LogP contribution in [0.2, 0.25) is 0 Å². The normalized spacial score (nSPS) is 16.5. The van der Waals surface area contributed by atoms with Crippen LogP contribution in [0.3, 0.4) is 0 Å². The van der Waals surface area contributed by atoms with Crippen molar-refractivity contribution in [3.05, 3.63) is 34.7 Å². The maximum atomic E-state index is 13.6. The van der Waals surface area contributed by atoms with Crippen LogP contribution in [0, 0.1) is 11.3 Å². The highest BCUT2D eigenvalue weighted by atomic mass is 16.5. The minimum Gasteiger partial charge on any atom is -0.344 e. The van der Waals surface area contributed by atoms with Gasteiger partial charge >= 0.3 is 5.69 Å². The van der Waals surface area contributed by atoms with Crippen LogP contribution in [0.5, 0.6) is 0 Å². The molecule has 10 heteroatoms. The number of nitrogens with one attached hydrogen (secondary N) is 2. The Labute approximate surface area is 211 Å². The van der Waals surface area contributed by atoms with Gasteiger partial charge < -0.3 is 15.2 Å². The van der Waals surface area contributed by atoms with Gasteiger partial charge in [-0.15, -0.1) is 0 Å². The van der Waals surface area contributed by atoms with Gasteiger partial charge in [0.05, 0.1) is 23.5 Å². The Bertz CT molecular complexity index is 1110. The summed E-state index contributed by atoms with van der Waals surface area (Å²) in [6, 6.07) is 6.81. The minimum absolute atomic E-state index is 0.0160. The zero-order chi connectivity index (χ0) is 26.5. The SMILES string of the molecule is CCCC[C@H](CN(O)C=O)C(=O)N[C@H](C(=O)N1CCC(n2c(=O)[nH]c3ccccc32)CC1)C(C)(C)C.